The lowest BCUT2D eigenvalue weighted by Crippen LogP contribution is -1.93. The number of aromatic nitrogens is 2. The second-order valence-electron chi connectivity index (χ2n) is 11.0. The lowest BCUT2D eigenvalue weighted by Gasteiger charge is -2.13. The van der Waals surface area contributed by atoms with Crippen LogP contribution in [0.5, 0.6) is 0 Å². The van der Waals surface area contributed by atoms with Gasteiger partial charge < -0.3 is 0 Å². The van der Waals surface area contributed by atoms with Crippen molar-refractivity contribution in [3.05, 3.63) is 146 Å². The number of nitrogens with zero attached hydrogens (tertiary/aromatic N) is 2. The Bertz CT molecular complexity index is 2490. The molecule has 3 heterocycles. The van der Waals surface area contributed by atoms with Gasteiger partial charge in [0.1, 0.15) is 0 Å². The highest BCUT2D eigenvalue weighted by Gasteiger charge is 2.15. The molecule has 200 valence electrons. The second-order valence-corrected chi connectivity index (χ2v) is 12.0. The minimum atomic E-state index is 0.928. The first-order valence-corrected chi connectivity index (χ1v) is 15.3. The normalized spacial score (nSPS) is 11.7. The lowest BCUT2D eigenvalue weighted by atomic mass is 9.95. The fourth-order valence-electron chi connectivity index (χ4n) is 6.41. The maximum absolute atomic E-state index is 5.24. The molecule has 3 heteroatoms. The molecular formula is C40H24N2S. The number of rotatable bonds is 3. The fraction of sp³-hybridized carbons (Fsp3) is 0. The molecule has 0 saturated carbocycles. The van der Waals surface area contributed by atoms with Gasteiger partial charge in [-0.15, -0.1) is 11.3 Å². The molecule has 0 atom stereocenters. The molecule has 0 aliphatic rings. The van der Waals surface area contributed by atoms with Crippen LogP contribution in [0.3, 0.4) is 0 Å². The summed E-state index contributed by atoms with van der Waals surface area (Å²) in [5, 5.41) is 6.01. The van der Waals surface area contributed by atoms with Gasteiger partial charge in [0.25, 0.3) is 0 Å². The van der Waals surface area contributed by atoms with Crippen LogP contribution in [0.1, 0.15) is 0 Å². The van der Waals surface area contributed by atoms with Gasteiger partial charge >= 0.3 is 0 Å². The van der Waals surface area contributed by atoms with Gasteiger partial charge in [-0.2, -0.15) is 0 Å². The Hall–Kier alpha value is -5.38. The SMILES string of the molecule is c1ccc(-c2c3ccccc3nc3c2ccc2ccc(-c4ccc(-c5cccc6c5sc5ccccc56)cc4)nc23)cc1. The van der Waals surface area contributed by atoms with E-state index in [0.717, 1.165) is 44.0 Å². The summed E-state index contributed by atoms with van der Waals surface area (Å²) in [6, 6.07) is 51.8. The minimum Gasteiger partial charge on any atom is -0.245 e. The third-order valence-electron chi connectivity index (χ3n) is 8.47. The van der Waals surface area contributed by atoms with Gasteiger partial charge in [0, 0.05) is 47.5 Å². The second kappa shape index (κ2) is 9.59. The molecule has 0 radical (unpaired) electrons. The van der Waals surface area contributed by atoms with Crippen molar-refractivity contribution in [1.29, 1.82) is 0 Å². The molecule has 9 aromatic rings. The van der Waals surface area contributed by atoms with E-state index in [-0.39, 0.29) is 0 Å². The van der Waals surface area contributed by atoms with E-state index in [1.165, 1.54) is 42.4 Å². The summed E-state index contributed by atoms with van der Waals surface area (Å²) in [6.45, 7) is 0. The van der Waals surface area contributed by atoms with Crippen LogP contribution in [0.4, 0.5) is 0 Å². The molecule has 0 saturated heterocycles. The zero-order valence-corrected chi connectivity index (χ0v) is 24.0. The predicted molar refractivity (Wildman–Crippen MR) is 184 cm³/mol. The Kier molecular flexibility index (Phi) is 5.40. The summed E-state index contributed by atoms with van der Waals surface area (Å²) in [4.78, 5) is 10.4. The van der Waals surface area contributed by atoms with Crippen LogP contribution in [0.2, 0.25) is 0 Å². The molecule has 43 heavy (non-hydrogen) atoms. The molecule has 9 rings (SSSR count). The monoisotopic (exact) mass is 564 g/mol. The Morgan fingerprint density at radius 1 is 0.419 bits per heavy atom. The fourth-order valence-corrected chi connectivity index (χ4v) is 7.65. The van der Waals surface area contributed by atoms with Gasteiger partial charge in [-0.25, -0.2) is 9.97 Å². The molecule has 0 N–H and O–H groups in total. The molecule has 6 aromatic carbocycles. The molecule has 0 spiro atoms. The average molecular weight is 565 g/mol. The van der Waals surface area contributed by atoms with Crippen molar-refractivity contribution in [1.82, 2.24) is 9.97 Å². The molecule has 3 aromatic heterocycles. The highest BCUT2D eigenvalue weighted by molar-refractivity contribution is 7.26. The molecule has 0 bridgehead atoms. The Balaban J connectivity index is 1.20. The van der Waals surface area contributed by atoms with E-state index in [4.69, 9.17) is 9.97 Å². The number of fused-ring (bicyclic) bond motifs is 7. The van der Waals surface area contributed by atoms with Crippen LogP contribution in [0.15, 0.2) is 146 Å². The topological polar surface area (TPSA) is 25.8 Å². The molecule has 2 nitrogen and oxygen atoms in total. The predicted octanol–water partition coefficient (Wildman–Crippen LogP) is 11.3. The van der Waals surface area contributed by atoms with Crippen molar-refractivity contribution in [2.75, 3.05) is 0 Å². The van der Waals surface area contributed by atoms with Gasteiger partial charge in [-0.3, -0.25) is 0 Å². The van der Waals surface area contributed by atoms with Crippen molar-refractivity contribution >= 4 is 64.2 Å². The number of thiophene rings is 1. The van der Waals surface area contributed by atoms with E-state index in [0.29, 0.717) is 0 Å². The van der Waals surface area contributed by atoms with E-state index in [9.17, 15) is 0 Å². The summed E-state index contributed by atoms with van der Waals surface area (Å²) in [5.41, 5.74) is 9.76. The van der Waals surface area contributed by atoms with Crippen molar-refractivity contribution in [2.45, 2.75) is 0 Å². The van der Waals surface area contributed by atoms with Gasteiger partial charge in [-0.1, -0.05) is 127 Å². The summed E-state index contributed by atoms with van der Waals surface area (Å²) < 4.78 is 2.66. The van der Waals surface area contributed by atoms with Crippen LogP contribution < -0.4 is 0 Å². The average Bonchev–Trinajstić information content (AvgIpc) is 3.46. The van der Waals surface area contributed by atoms with E-state index >= 15 is 0 Å². The van der Waals surface area contributed by atoms with E-state index in [1.807, 2.05) is 11.3 Å². The van der Waals surface area contributed by atoms with Gasteiger partial charge in [-0.05, 0) is 34.9 Å². The summed E-state index contributed by atoms with van der Waals surface area (Å²) in [5.74, 6) is 0. The van der Waals surface area contributed by atoms with Gasteiger partial charge in [0.15, 0.2) is 0 Å². The van der Waals surface area contributed by atoms with Crippen molar-refractivity contribution in [3.63, 3.8) is 0 Å². The summed E-state index contributed by atoms with van der Waals surface area (Å²) >= 11 is 1.87. The minimum absolute atomic E-state index is 0.928. The lowest BCUT2D eigenvalue weighted by molar-refractivity contribution is 1.39. The highest BCUT2D eigenvalue weighted by Crippen LogP contribution is 2.41. The number of hydrogen-bond acceptors (Lipinski definition) is 3. The zero-order valence-electron chi connectivity index (χ0n) is 23.2. The first kappa shape index (κ1) is 24.2. The third kappa shape index (κ3) is 3.86. The maximum atomic E-state index is 5.24. The Morgan fingerprint density at radius 3 is 2.02 bits per heavy atom. The van der Waals surface area contributed by atoms with Crippen LogP contribution >= 0.6 is 11.3 Å². The van der Waals surface area contributed by atoms with Gasteiger partial charge in [0.05, 0.1) is 22.2 Å². The first-order chi connectivity index (χ1) is 21.3. The van der Waals surface area contributed by atoms with Crippen LogP contribution in [-0.2, 0) is 0 Å². The van der Waals surface area contributed by atoms with Crippen molar-refractivity contribution in [2.24, 2.45) is 0 Å². The smallest absolute Gasteiger partial charge is 0.0978 e. The molecule has 0 aliphatic heterocycles. The van der Waals surface area contributed by atoms with Crippen molar-refractivity contribution in [3.8, 4) is 33.5 Å². The summed E-state index contributed by atoms with van der Waals surface area (Å²) in [6.07, 6.45) is 0. The number of pyridine rings is 2. The van der Waals surface area contributed by atoms with Crippen LogP contribution in [0, 0.1) is 0 Å². The standard InChI is InChI=1S/C40H24N2S/c1-2-9-27(10-3-1)37-32-12-4-6-15-35(32)42-39-33(37)23-21-28-22-24-34(41-38(28)39)26-19-17-25(18-20-26)29-13-8-14-31-30-11-5-7-16-36(30)43-40(29)31/h1-24H. The van der Waals surface area contributed by atoms with Gasteiger partial charge in [0.2, 0.25) is 0 Å². The number of hydrogen-bond donors (Lipinski definition) is 0. The molecular weight excluding hydrogens is 541 g/mol. The quantitative estimate of drug-likeness (QED) is 0.158. The van der Waals surface area contributed by atoms with E-state index in [1.54, 1.807) is 0 Å². The van der Waals surface area contributed by atoms with Crippen LogP contribution in [0.25, 0.3) is 86.4 Å². The van der Waals surface area contributed by atoms with E-state index < -0.39 is 0 Å². The molecule has 0 fully saturated rings. The number of benzene rings is 6. The maximum Gasteiger partial charge on any atom is 0.0978 e. The van der Waals surface area contributed by atoms with Crippen molar-refractivity contribution < 1.29 is 0 Å². The molecule has 0 unspecified atom stereocenters. The first-order valence-electron chi connectivity index (χ1n) is 14.5. The van der Waals surface area contributed by atoms with Crippen LogP contribution in [-0.4, -0.2) is 9.97 Å². The number of para-hydroxylation sites is 1. The van der Waals surface area contributed by atoms with E-state index in [2.05, 4.69) is 146 Å². The third-order valence-corrected chi connectivity index (χ3v) is 9.69. The molecule has 0 amide bonds. The largest absolute Gasteiger partial charge is 0.245 e. The Morgan fingerprint density at radius 2 is 1.14 bits per heavy atom. The summed E-state index contributed by atoms with van der Waals surface area (Å²) in [7, 11) is 0. The highest BCUT2D eigenvalue weighted by atomic mass is 32.1. The Labute approximate surface area is 252 Å². The molecule has 0 aliphatic carbocycles. The zero-order chi connectivity index (χ0) is 28.3.